The molecule has 3 N–H and O–H groups in total. The Morgan fingerprint density at radius 1 is 1.00 bits per heavy atom. The number of hydrogen-bond donors (Lipinski definition) is 2. The summed E-state index contributed by atoms with van der Waals surface area (Å²) in [6.07, 6.45) is 3.81. The first-order valence-corrected chi connectivity index (χ1v) is 11.1. The monoisotopic (exact) mass is 497 g/mol. The van der Waals surface area contributed by atoms with E-state index in [2.05, 4.69) is 25.3 Å². The average Bonchev–Trinajstić information content (AvgIpc) is 3.19. The zero-order valence-electron chi connectivity index (χ0n) is 19.2. The van der Waals surface area contributed by atoms with Crippen LogP contribution in [0.4, 0.5) is 14.5 Å². The zero-order valence-corrected chi connectivity index (χ0v) is 19.2. The number of fused-ring (bicyclic) bond motifs is 4. The number of halogens is 2. The van der Waals surface area contributed by atoms with Gasteiger partial charge in [-0.25, -0.2) is 29.3 Å². The highest BCUT2D eigenvalue weighted by Crippen LogP contribution is 2.52. The van der Waals surface area contributed by atoms with E-state index in [-0.39, 0.29) is 23.0 Å². The Morgan fingerprint density at radius 2 is 1.86 bits per heavy atom. The number of pyridine rings is 3. The molecule has 0 fully saturated rings. The lowest BCUT2D eigenvalue weighted by Gasteiger charge is -2.32. The first-order valence-electron chi connectivity index (χ1n) is 11.1. The molecule has 3 aromatic heterocycles. The van der Waals surface area contributed by atoms with Gasteiger partial charge in [-0.3, -0.25) is 4.79 Å². The molecular formula is C26H17F2N7O2. The first kappa shape index (κ1) is 22.4. The smallest absolute Gasteiger partial charge is 0.274 e. The number of aromatic nitrogens is 3. The topological polar surface area (TPSA) is 128 Å². The van der Waals surface area contributed by atoms with Crippen LogP contribution in [0.2, 0.25) is 0 Å². The number of nitrogens with zero attached hydrogens (tertiary/aromatic N) is 5. The van der Waals surface area contributed by atoms with Gasteiger partial charge in [0.1, 0.15) is 23.1 Å². The molecule has 6 rings (SSSR count). The van der Waals surface area contributed by atoms with Gasteiger partial charge in [-0.1, -0.05) is 0 Å². The van der Waals surface area contributed by atoms with E-state index in [4.69, 9.17) is 15.5 Å². The summed E-state index contributed by atoms with van der Waals surface area (Å²) in [5.41, 5.74) is 7.38. The van der Waals surface area contributed by atoms with Crippen LogP contribution in [0.1, 0.15) is 28.5 Å². The molecule has 9 nitrogen and oxygen atoms in total. The van der Waals surface area contributed by atoms with Crippen molar-refractivity contribution in [3.63, 3.8) is 0 Å². The van der Waals surface area contributed by atoms with Gasteiger partial charge < -0.3 is 15.8 Å². The van der Waals surface area contributed by atoms with Crippen LogP contribution in [-0.4, -0.2) is 32.4 Å². The maximum absolute atomic E-state index is 14.5. The maximum atomic E-state index is 14.5. The van der Waals surface area contributed by atoms with E-state index in [9.17, 15) is 13.6 Å². The normalized spacial score (nSPS) is 17.4. The molecule has 0 saturated heterocycles. The van der Waals surface area contributed by atoms with Crippen molar-refractivity contribution in [2.45, 2.75) is 12.6 Å². The van der Waals surface area contributed by atoms with E-state index in [1.165, 1.54) is 18.5 Å². The molecule has 1 atom stereocenters. The van der Waals surface area contributed by atoms with Crippen molar-refractivity contribution in [3.8, 4) is 22.8 Å². The number of rotatable bonds is 3. The van der Waals surface area contributed by atoms with Gasteiger partial charge in [-0.15, -0.1) is 0 Å². The number of nitrogens with two attached hydrogens (primary N) is 1. The third kappa shape index (κ3) is 3.68. The third-order valence-electron chi connectivity index (χ3n) is 6.06. The van der Waals surface area contributed by atoms with Crippen molar-refractivity contribution < 1.29 is 18.3 Å². The van der Waals surface area contributed by atoms with Gasteiger partial charge in [0.25, 0.3) is 5.91 Å². The van der Waals surface area contributed by atoms with E-state index in [0.717, 1.165) is 12.3 Å². The molecule has 11 heteroatoms. The van der Waals surface area contributed by atoms with E-state index in [1.807, 2.05) is 0 Å². The third-order valence-corrected chi connectivity index (χ3v) is 6.06. The second-order valence-corrected chi connectivity index (χ2v) is 8.41. The van der Waals surface area contributed by atoms with Gasteiger partial charge in [0.2, 0.25) is 17.5 Å². The second kappa shape index (κ2) is 8.26. The summed E-state index contributed by atoms with van der Waals surface area (Å²) in [6.45, 7) is 1.73. The Labute approximate surface area is 208 Å². The van der Waals surface area contributed by atoms with Crippen molar-refractivity contribution in [1.82, 2.24) is 15.0 Å². The van der Waals surface area contributed by atoms with Crippen molar-refractivity contribution in [3.05, 3.63) is 95.7 Å². The van der Waals surface area contributed by atoms with Crippen LogP contribution in [0, 0.1) is 11.8 Å². The standard InChI is InChI=1S/C26H17F2N7O2/c1-13-23(29)35-26(34-13)18-10-16(33-24(36)20-6-4-15(27)12-31-20)5-7-21(18)37-25-19(26)9-14(11-32-25)17-3-2-8-30-22(17)28/h2-12H,1H3,(H2,29,35)(H,33,36). The van der Waals surface area contributed by atoms with Crippen molar-refractivity contribution >= 4 is 23.1 Å². The van der Waals surface area contributed by atoms with Crippen molar-refractivity contribution in [2.24, 2.45) is 15.7 Å². The number of anilines is 1. The number of nitrogens with one attached hydrogen (secondary N) is 1. The Balaban J connectivity index is 1.47. The largest absolute Gasteiger partial charge is 0.438 e. The lowest BCUT2D eigenvalue weighted by molar-refractivity contribution is 0.102. The molecule has 5 heterocycles. The summed E-state index contributed by atoms with van der Waals surface area (Å²) in [4.78, 5) is 34.1. The molecule has 182 valence electrons. The Kier molecular flexibility index (Phi) is 5.00. The van der Waals surface area contributed by atoms with Gasteiger partial charge in [0.15, 0.2) is 0 Å². The summed E-state index contributed by atoms with van der Waals surface area (Å²) < 4.78 is 33.7. The Hall–Kier alpha value is -5.06. The van der Waals surface area contributed by atoms with Crippen LogP contribution < -0.4 is 15.8 Å². The molecule has 4 aromatic rings. The van der Waals surface area contributed by atoms with Crippen molar-refractivity contribution in [2.75, 3.05) is 5.32 Å². The number of carbonyl (C=O) groups excluding carboxylic acids is 1. The van der Waals surface area contributed by atoms with Gasteiger partial charge >= 0.3 is 0 Å². The lowest BCUT2D eigenvalue weighted by Crippen LogP contribution is -2.27. The Morgan fingerprint density at radius 3 is 2.59 bits per heavy atom. The fourth-order valence-corrected chi connectivity index (χ4v) is 4.28. The molecule has 1 aromatic carbocycles. The van der Waals surface area contributed by atoms with Crippen LogP contribution in [0.25, 0.3) is 11.1 Å². The minimum atomic E-state index is -1.37. The molecule has 1 spiro atoms. The molecular weight excluding hydrogens is 480 g/mol. The Bertz CT molecular complexity index is 1630. The molecule has 2 aliphatic heterocycles. The van der Waals surface area contributed by atoms with E-state index in [1.54, 1.807) is 43.3 Å². The number of carbonyl (C=O) groups is 1. The molecule has 0 radical (unpaired) electrons. The number of benzene rings is 1. The second-order valence-electron chi connectivity index (χ2n) is 8.41. The van der Waals surface area contributed by atoms with E-state index >= 15 is 0 Å². The SMILES string of the molecule is CC1=NC2(N=C1N)c1cc(NC(=O)c3ccc(F)cn3)ccc1Oc1ncc(-c3cccnc3F)cc12. The highest BCUT2D eigenvalue weighted by Gasteiger charge is 2.46. The van der Waals surface area contributed by atoms with Gasteiger partial charge in [-0.2, -0.15) is 4.39 Å². The fourth-order valence-electron chi connectivity index (χ4n) is 4.28. The molecule has 0 saturated carbocycles. The summed E-state index contributed by atoms with van der Waals surface area (Å²) in [5.74, 6) is -0.856. The minimum Gasteiger partial charge on any atom is -0.438 e. The van der Waals surface area contributed by atoms with Crippen LogP contribution in [-0.2, 0) is 5.66 Å². The summed E-state index contributed by atoms with van der Waals surface area (Å²) in [5, 5.41) is 2.74. The lowest BCUT2D eigenvalue weighted by atomic mass is 9.88. The van der Waals surface area contributed by atoms with Gasteiger partial charge in [-0.05, 0) is 55.5 Å². The summed E-state index contributed by atoms with van der Waals surface area (Å²) in [7, 11) is 0. The van der Waals surface area contributed by atoms with E-state index < -0.39 is 23.3 Å². The molecule has 1 amide bonds. The van der Waals surface area contributed by atoms with Crippen LogP contribution in [0.3, 0.4) is 0 Å². The first-order chi connectivity index (χ1) is 17.8. The molecule has 1 unspecified atom stereocenters. The van der Waals surface area contributed by atoms with Gasteiger partial charge in [0, 0.05) is 29.2 Å². The number of amidine groups is 1. The summed E-state index contributed by atoms with van der Waals surface area (Å²) in [6, 6.07) is 12.3. The number of ether oxygens (including phenoxy) is 1. The van der Waals surface area contributed by atoms with Gasteiger partial charge in [0.05, 0.1) is 23.0 Å². The number of aliphatic imine (C=N–C) groups is 2. The predicted molar refractivity (Wildman–Crippen MR) is 132 cm³/mol. The highest BCUT2D eigenvalue weighted by atomic mass is 19.1. The number of amides is 1. The highest BCUT2D eigenvalue weighted by molar-refractivity contribution is 6.41. The average molecular weight is 497 g/mol. The van der Waals surface area contributed by atoms with Crippen LogP contribution in [0.15, 0.2) is 77.1 Å². The zero-order chi connectivity index (χ0) is 25.7. The van der Waals surface area contributed by atoms with Crippen molar-refractivity contribution in [1.29, 1.82) is 0 Å². The maximum Gasteiger partial charge on any atom is 0.274 e. The fraction of sp³-hybridized carbons (Fsp3) is 0.0769. The quantitative estimate of drug-likeness (QED) is 0.408. The predicted octanol–water partition coefficient (Wildman–Crippen LogP) is 4.21. The number of hydrogen-bond acceptors (Lipinski definition) is 8. The molecule has 0 aliphatic carbocycles. The molecule has 37 heavy (non-hydrogen) atoms. The van der Waals surface area contributed by atoms with Crippen LogP contribution in [0.5, 0.6) is 11.6 Å². The van der Waals surface area contributed by atoms with Crippen LogP contribution >= 0.6 is 0 Å². The van der Waals surface area contributed by atoms with E-state index in [0.29, 0.717) is 33.8 Å². The minimum absolute atomic E-state index is 0.0414. The summed E-state index contributed by atoms with van der Waals surface area (Å²) >= 11 is 0. The molecule has 0 bridgehead atoms. The molecule has 2 aliphatic rings.